The molecule has 0 bridgehead atoms. The average Bonchev–Trinajstić information content (AvgIpc) is 3.12. The fourth-order valence-corrected chi connectivity index (χ4v) is 3.69. The Balaban J connectivity index is 1.61. The summed E-state index contributed by atoms with van der Waals surface area (Å²) < 4.78 is 8.90. The normalized spacial score (nSPS) is 11.8. The highest BCUT2D eigenvalue weighted by molar-refractivity contribution is 9.10. The number of ether oxygens (including phenoxy) is 1. The van der Waals surface area contributed by atoms with Gasteiger partial charge in [-0.15, -0.1) is 10.2 Å². The minimum atomic E-state index is -0.249. The maximum Gasteiger partial charge on any atom is 0.234 e. The second-order valence-corrected chi connectivity index (χ2v) is 7.86. The number of benzene rings is 2. The van der Waals surface area contributed by atoms with Crippen LogP contribution in [0.5, 0.6) is 5.75 Å². The van der Waals surface area contributed by atoms with Gasteiger partial charge in [-0.25, -0.2) is 0 Å². The molecule has 0 aliphatic carbocycles. The van der Waals surface area contributed by atoms with E-state index in [1.54, 1.807) is 0 Å². The molecule has 1 N–H and O–H groups in total. The van der Waals surface area contributed by atoms with E-state index in [0.29, 0.717) is 11.7 Å². The molecule has 6 nitrogen and oxygen atoms in total. The third kappa shape index (κ3) is 5.36. The number of aromatic nitrogens is 3. The second-order valence-electron chi connectivity index (χ2n) is 6.00. The second kappa shape index (κ2) is 9.75. The molecule has 0 aliphatic heterocycles. The Kier molecular flexibility index (Phi) is 7.11. The molecule has 1 amide bonds. The molecule has 0 saturated heterocycles. The monoisotopic (exact) mass is 460 g/mol. The predicted octanol–water partition coefficient (Wildman–Crippen LogP) is 4.93. The van der Waals surface area contributed by atoms with Crippen molar-refractivity contribution in [3.63, 3.8) is 0 Å². The standard InChI is InChI=1S/C20H21BrN4O2S/c1-3-25-19(14(2)27-17-7-5-4-6-8-17)23-24-20(25)28-13-18(26)22-16-11-9-15(21)10-12-16/h4-12,14H,3,13H2,1-2H3,(H,22,26). The zero-order valence-corrected chi connectivity index (χ0v) is 18.0. The fourth-order valence-electron chi connectivity index (χ4n) is 2.62. The number of para-hydroxylation sites is 1. The first-order chi connectivity index (χ1) is 13.6. The van der Waals surface area contributed by atoms with E-state index in [-0.39, 0.29) is 17.8 Å². The van der Waals surface area contributed by atoms with E-state index in [1.807, 2.05) is 73.0 Å². The number of carbonyl (C=O) groups excluding carboxylic acids is 1. The van der Waals surface area contributed by atoms with E-state index in [2.05, 4.69) is 31.4 Å². The first-order valence-corrected chi connectivity index (χ1v) is 10.7. The van der Waals surface area contributed by atoms with Crippen LogP contribution in [0.3, 0.4) is 0 Å². The number of nitrogens with one attached hydrogen (secondary N) is 1. The quantitative estimate of drug-likeness (QED) is 0.482. The van der Waals surface area contributed by atoms with Crippen LogP contribution in [0.25, 0.3) is 0 Å². The Morgan fingerprint density at radius 2 is 1.89 bits per heavy atom. The van der Waals surface area contributed by atoms with Crippen molar-refractivity contribution in [1.82, 2.24) is 14.8 Å². The van der Waals surface area contributed by atoms with Gasteiger partial charge in [0.2, 0.25) is 5.91 Å². The van der Waals surface area contributed by atoms with Crippen molar-refractivity contribution in [2.45, 2.75) is 31.7 Å². The lowest BCUT2D eigenvalue weighted by atomic mass is 10.3. The number of halogens is 1. The molecule has 0 spiro atoms. The van der Waals surface area contributed by atoms with Crippen LogP contribution in [0.2, 0.25) is 0 Å². The number of rotatable bonds is 8. The van der Waals surface area contributed by atoms with Crippen LogP contribution < -0.4 is 10.1 Å². The van der Waals surface area contributed by atoms with Gasteiger partial charge < -0.3 is 14.6 Å². The molecule has 28 heavy (non-hydrogen) atoms. The van der Waals surface area contributed by atoms with Crippen molar-refractivity contribution in [3.05, 3.63) is 64.9 Å². The van der Waals surface area contributed by atoms with Crippen molar-refractivity contribution in [1.29, 1.82) is 0 Å². The molecular formula is C20H21BrN4O2S. The van der Waals surface area contributed by atoms with E-state index >= 15 is 0 Å². The summed E-state index contributed by atoms with van der Waals surface area (Å²) in [6, 6.07) is 17.1. The average molecular weight is 461 g/mol. The molecule has 146 valence electrons. The van der Waals surface area contributed by atoms with Gasteiger partial charge in [0.15, 0.2) is 17.1 Å². The van der Waals surface area contributed by atoms with Gasteiger partial charge in [0, 0.05) is 16.7 Å². The number of carbonyl (C=O) groups is 1. The minimum absolute atomic E-state index is 0.0897. The lowest BCUT2D eigenvalue weighted by Gasteiger charge is -2.15. The van der Waals surface area contributed by atoms with Crippen LogP contribution in [0.4, 0.5) is 5.69 Å². The number of amides is 1. The topological polar surface area (TPSA) is 69.0 Å². The Hall–Kier alpha value is -2.32. The van der Waals surface area contributed by atoms with Gasteiger partial charge in [-0.3, -0.25) is 4.79 Å². The number of thioether (sulfide) groups is 1. The summed E-state index contributed by atoms with van der Waals surface area (Å²) in [7, 11) is 0. The van der Waals surface area contributed by atoms with Gasteiger partial charge in [-0.2, -0.15) is 0 Å². The maximum absolute atomic E-state index is 12.2. The lowest BCUT2D eigenvalue weighted by molar-refractivity contribution is -0.113. The zero-order chi connectivity index (χ0) is 19.9. The van der Waals surface area contributed by atoms with Gasteiger partial charge in [-0.1, -0.05) is 45.9 Å². The molecule has 0 saturated carbocycles. The Labute approximate surface area is 176 Å². The molecule has 1 aromatic heterocycles. The summed E-state index contributed by atoms with van der Waals surface area (Å²) in [6.45, 7) is 4.66. The highest BCUT2D eigenvalue weighted by Crippen LogP contribution is 2.24. The van der Waals surface area contributed by atoms with Crippen LogP contribution >= 0.6 is 27.7 Å². The number of nitrogens with zero attached hydrogens (tertiary/aromatic N) is 3. The van der Waals surface area contributed by atoms with Gasteiger partial charge >= 0.3 is 0 Å². The molecule has 2 aromatic carbocycles. The highest BCUT2D eigenvalue weighted by atomic mass is 79.9. The van der Waals surface area contributed by atoms with E-state index in [0.717, 1.165) is 21.7 Å². The molecule has 3 rings (SSSR count). The third-order valence-corrected chi connectivity index (χ3v) is 5.44. The molecule has 0 fully saturated rings. The number of hydrogen-bond donors (Lipinski definition) is 1. The summed E-state index contributed by atoms with van der Waals surface area (Å²) >= 11 is 4.74. The van der Waals surface area contributed by atoms with Crippen LogP contribution in [-0.4, -0.2) is 26.4 Å². The van der Waals surface area contributed by atoms with E-state index in [9.17, 15) is 4.79 Å². The molecule has 1 heterocycles. The lowest BCUT2D eigenvalue weighted by Crippen LogP contribution is -2.15. The Morgan fingerprint density at radius 3 is 2.57 bits per heavy atom. The molecule has 3 aromatic rings. The van der Waals surface area contributed by atoms with Gasteiger partial charge in [0.1, 0.15) is 5.75 Å². The molecular weight excluding hydrogens is 440 g/mol. The first-order valence-electron chi connectivity index (χ1n) is 8.90. The van der Waals surface area contributed by atoms with Crippen molar-refractivity contribution < 1.29 is 9.53 Å². The fraction of sp³-hybridized carbons (Fsp3) is 0.250. The van der Waals surface area contributed by atoms with Gasteiger partial charge in [-0.05, 0) is 50.2 Å². The summed E-state index contributed by atoms with van der Waals surface area (Å²) in [5, 5.41) is 12.1. The highest BCUT2D eigenvalue weighted by Gasteiger charge is 2.19. The van der Waals surface area contributed by atoms with Crippen molar-refractivity contribution in [2.75, 3.05) is 11.1 Å². The van der Waals surface area contributed by atoms with Crippen molar-refractivity contribution in [2.24, 2.45) is 0 Å². The van der Waals surface area contributed by atoms with Crippen molar-refractivity contribution in [3.8, 4) is 5.75 Å². The smallest absolute Gasteiger partial charge is 0.234 e. The Morgan fingerprint density at radius 1 is 1.18 bits per heavy atom. The van der Waals surface area contributed by atoms with E-state index < -0.39 is 0 Å². The molecule has 1 unspecified atom stereocenters. The predicted molar refractivity (Wildman–Crippen MR) is 115 cm³/mol. The molecule has 8 heteroatoms. The third-order valence-electron chi connectivity index (χ3n) is 3.94. The molecule has 0 aliphatic rings. The first kappa shape index (κ1) is 20.4. The summed E-state index contributed by atoms with van der Waals surface area (Å²) in [6.07, 6.45) is -0.249. The number of anilines is 1. The van der Waals surface area contributed by atoms with Crippen LogP contribution in [0.15, 0.2) is 64.2 Å². The van der Waals surface area contributed by atoms with Gasteiger partial charge in [0.05, 0.1) is 5.75 Å². The number of hydrogen-bond acceptors (Lipinski definition) is 5. The van der Waals surface area contributed by atoms with Crippen LogP contribution in [-0.2, 0) is 11.3 Å². The van der Waals surface area contributed by atoms with E-state index in [1.165, 1.54) is 11.8 Å². The van der Waals surface area contributed by atoms with Gasteiger partial charge in [0.25, 0.3) is 0 Å². The zero-order valence-electron chi connectivity index (χ0n) is 15.6. The summed E-state index contributed by atoms with van der Waals surface area (Å²) in [5.74, 6) is 1.68. The Bertz CT molecular complexity index is 916. The SMILES string of the molecule is CCn1c(SCC(=O)Nc2ccc(Br)cc2)nnc1C(C)Oc1ccccc1. The van der Waals surface area contributed by atoms with Crippen molar-refractivity contribution >= 4 is 39.3 Å². The summed E-state index contributed by atoms with van der Waals surface area (Å²) in [4.78, 5) is 12.2. The summed E-state index contributed by atoms with van der Waals surface area (Å²) in [5.41, 5.74) is 0.760. The largest absolute Gasteiger partial charge is 0.483 e. The molecule has 1 atom stereocenters. The minimum Gasteiger partial charge on any atom is -0.483 e. The van der Waals surface area contributed by atoms with E-state index in [4.69, 9.17) is 4.74 Å². The van der Waals surface area contributed by atoms with Crippen LogP contribution in [0.1, 0.15) is 25.8 Å². The molecule has 0 radical (unpaired) electrons. The van der Waals surface area contributed by atoms with Crippen LogP contribution in [0, 0.1) is 0 Å². The maximum atomic E-state index is 12.2.